The van der Waals surface area contributed by atoms with Crippen molar-refractivity contribution in [1.82, 2.24) is 5.32 Å². The van der Waals surface area contributed by atoms with Crippen LogP contribution in [0.15, 0.2) is 18.2 Å². The Balaban J connectivity index is 1.97. The summed E-state index contributed by atoms with van der Waals surface area (Å²) >= 11 is 0. The van der Waals surface area contributed by atoms with E-state index in [1.54, 1.807) is 12.1 Å². The highest BCUT2D eigenvalue weighted by molar-refractivity contribution is 5.44. The van der Waals surface area contributed by atoms with Gasteiger partial charge in [0.1, 0.15) is 0 Å². The molecule has 0 heterocycles. The average molecular weight is 248 g/mol. The van der Waals surface area contributed by atoms with Crippen LogP contribution in [0.2, 0.25) is 0 Å². The number of rotatable bonds is 6. The number of nitrogens with zero attached hydrogens (tertiary/aromatic N) is 1. The lowest BCUT2D eigenvalue weighted by Gasteiger charge is -2.14. The van der Waals surface area contributed by atoms with Crippen molar-refractivity contribution in [2.45, 2.75) is 39.7 Å². The monoisotopic (exact) mass is 248 g/mol. The first-order valence-corrected chi connectivity index (χ1v) is 6.51. The quantitative estimate of drug-likeness (QED) is 0.621. The van der Waals surface area contributed by atoms with Gasteiger partial charge in [0.15, 0.2) is 0 Å². The first-order chi connectivity index (χ1) is 8.58. The van der Waals surface area contributed by atoms with Crippen LogP contribution in [0.3, 0.4) is 0 Å². The van der Waals surface area contributed by atoms with Crippen LogP contribution in [0, 0.1) is 22.5 Å². The molecule has 0 amide bonds. The minimum Gasteiger partial charge on any atom is -0.312 e. The van der Waals surface area contributed by atoms with E-state index >= 15 is 0 Å². The Morgan fingerprint density at radius 2 is 2.17 bits per heavy atom. The molecule has 0 bridgehead atoms. The van der Waals surface area contributed by atoms with Crippen molar-refractivity contribution >= 4 is 5.69 Å². The van der Waals surface area contributed by atoms with Crippen molar-refractivity contribution in [2.24, 2.45) is 5.41 Å². The van der Waals surface area contributed by atoms with Gasteiger partial charge in [-0.25, -0.2) is 0 Å². The highest BCUT2D eigenvalue weighted by Gasteiger charge is 2.39. The normalized spacial score (nSPS) is 16.6. The van der Waals surface area contributed by atoms with Gasteiger partial charge in [0.05, 0.1) is 4.92 Å². The van der Waals surface area contributed by atoms with E-state index in [4.69, 9.17) is 0 Å². The van der Waals surface area contributed by atoms with Crippen LogP contribution in [0.25, 0.3) is 0 Å². The third kappa shape index (κ3) is 2.70. The Hall–Kier alpha value is -1.42. The number of benzene rings is 1. The van der Waals surface area contributed by atoms with E-state index in [9.17, 15) is 10.1 Å². The van der Waals surface area contributed by atoms with Crippen molar-refractivity contribution in [3.8, 4) is 0 Å². The van der Waals surface area contributed by atoms with Crippen molar-refractivity contribution in [3.63, 3.8) is 0 Å². The van der Waals surface area contributed by atoms with Crippen molar-refractivity contribution in [3.05, 3.63) is 39.4 Å². The molecule has 0 saturated heterocycles. The number of nitrogens with one attached hydrogen (secondary N) is 1. The SMILES string of the molecule is CCC1(CNCc2cccc([N+](=O)[O-])c2C)CC1. The molecule has 1 aromatic rings. The summed E-state index contributed by atoms with van der Waals surface area (Å²) in [5.41, 5.74) is 2.52. The largest absolute Gasteiger partial charge is 0.312 e. The summed E-state index contributed by atoms with van der Waals surface area (Å²) in [6.07, 6.45) is 3.84. The van der Waals surface area contributed by atoms with Crippen molar-refractivity contribution in [2.75, 3.05) is 6.54 Å². The molecule has 4 heteroatoms. The van der Waals surface area contributed by atoms with E-state index in [0.29, 0.717) is 5.41 Å². The smallest absolute Gasteiger partial charge is 0.272 e. The van der Waals surface area contributed by atoms with E-state index in [0.717, 1.165) is 24.2 Å². The second-order valence-corrected chi connectivity index (χ2v) is 5.28. The van der Waals surface area contributed by atoms with Gasteiger partial charge in [-0.05, 0) is 37.2 Å². The van der Waals surface area contributed by atoms with E-state index < -0.39 is 0 Å². The molecule has 0 aromatic heterocycles. The molecule has 0 atom stereocenters. The van der Waals surface area contributed by atoms with Crippen molar-refractivity contribution in [1.29, 1.82) is 0 Å². The highest BCUT2D eigenvalue weighted by Crippen LogP contribution is 2.47. The maximum absolute atomic E-state index is 10.8. The van der Waals surface area contributed by atoms with Gasteiger partial charge in [-0.3, -0.25) is 10.1 Å². The Bertz CT molecular complexity index is 453. The molecule has 4 nitrogen and oxygen atoms in total. The third-order valence-corrected chi connectivity index (χ3v) is 4.14. The number of hydrogen-bond acceptors (Lipinski definition) is 3. The molecule has 1 aliphatic rings. The first-order valence-electron chi connectivity index (χ1n) is 6.51. The summed E-state index contributed by atoms with van der Waals surface area (Å²) in [4.78, 5) is 10.5. The van der Waals surface area contributed by atoms with Crippen LogP contribution < -0.4 is 5.32 Å². The third-order valence-electron chi connectivity index (χ3n) is 4.14. The Kier molecular flexibility index (Phi) is 3.66. The van der Waals surface area contributed by atoms with Gasteiger partial charge in [0.2, 0.25) is 0 Å². The number of nitro groups is 1. The fraction of sp³-hybridized carbons (Fsp3) is 0.571. The van der Waals surface area contributed by atoms with Gasteiger partial charge in [-0.15, -0.1) is 0 Å². The molecule has 1 fully saturated rings. The summed E-state index contributed by atoms with van der Waals surface area (Å²) in [5.74, 6) is 0. The standard InChI is InChI=1S/C14H20N2O2/c1-3-14(7-8-14)10-15-9-12-5-4-6-13(11(12)2)16(17)18/h4-6,15H,3,7-10H2,1-2H3. The van der Waals surface area contributed by atoms with Gasteiger partial charge in [0.25, 0.3) is 5.69 Å². The van der Waals surface area contributed by atoms with Crippen LogP contribution in [-0.4, -0.2) is 11.5 Å². The fourth-order valence-electron chi connectivity index (χ4n) is 2.35. The molecule has 0 spiro atoms. The molecule has 1 aromatic carbocycles. The topological polar surface area (TPSA) is 55.2 Å². The molecule has 0 aliphatic heterocycles. The van der Waals surface area contributed by atoms with E-state index in [-0.39, 0.29) is 10.6 Å². The Morgan fingerprint density at radius 3 is 2.72 bits per heavy atom. The van der Waals surface area contributed by atoms with Crippen molar-refractivity contribution < 1.29 is 4.92 Å². The van der Waals surface area contributed by atoms with E-state index in [2.05, 4.69) is 12.2 Å². The zero-order valence-electron chi connectivity index (χ0n) is 11.0. The minimum absolute atomic E-state index is 0.214. The molecule has 1 aliphatic carbocycles. The van der Waals surface area contributed by atoms with E-state index in [1.807, 2.05) is 13.0 Å². The van der Waals surface area contributed by atoms with Gasteiger partial charge >= 0.3 is 0 Å². The molecular formula is C14H20N2O2. The maximum atomic E-state index is 10.8. The summed E-state index contributed by atoms with van der Waals surface area (Å²) in [7, 11) is 0. The molecule has 2 rings (SSSR count). The maximum Gasteiger partial charge on any atom is 0.272 e. The van der Waals surface area contributed by atoms with Crippen LogP contribution in [0.1, 0.15) is 37.3 Å². The molecule has 0 unspecified atom stereocenters. The van der Waals surface area contributed by atoms with Gasteiger partial charge < -0.3 is 5.32 Å². The first kappa shape index (κ1) is 13.0. The van der Waals surface area contributed by atoms with Crippen LogP contribution in [0.4, 0.5) is 5.69 Å². The Morgan fingerprint density at radius 1 is 1.44 bits per heavy atom. The van der Waals surface area contributed by atoms with Crippen LogP contribution >= 0.6 is 0 Å². The minimum atomic E-state index is -0.312. The second kappa shape index (κ2) is 5.06. The molecule has 98 valence electrons. The van der Waals surface area contributed by atoms with Gasteiger partial charge in [-0.1, -0.05) is 19.1 Å². The zero-order valence-corrected chi connectivity index (χ0v) is 11.0. The molecular weight excluding hydrogens is 228 g/mol. The lowest BCUT2D eigenvalue weighted by molar-refractivity contribution is -0.385. The molecule has 1 saturated carbocycles. The van der Waals surface area contributed by atoms with Crippen LogP contribution in [0.5, 0.6) is 0 Å². The zero-order chi connectivity index (χ0) is 13.2. The van der Waals surface area contributed by atoms with E-state index in [1.165, 1.54) is 19.3 Å². The predicted molar refractivity (Wildman–Crippen MR) is 71.5 cm³/mol. The summed E-state index contributed by atoms with van der Waals surface area (Å²) < 4.78 is 0. The summed E-state index contributed by atoms with van der Waals surface area (Å²) in [6, 6.07) is 5.28. The Labute approximate surface area is 108 Å². The number of nitro benzene ring substituents is 1. The van der Waals surface area contributed by atoms with Gasteiger partial charge in [-0.2, -0.15) is 0 Å². The summed E-state index contributed by atoms with van der Waals surface area (Å²) in [6.45, 7) is 5.79. The van der Waals surface area contributed by atoms with Gasteiger partial charge in [0, 0.05) is 24.7 Å². The highest BCUT2D eigenvalue weighted by atomic mass is 16.6. The molecule has 1 N–H and O–H groups in total. The molecule has 18 heavy (non-hydrogen) atoms. The average Bonchev–Trinajstić information content (AvgIpc) is 3.12. The van der Waals surface area contributed by atoms with Crippen LogP contribution in [-0.2, 0) is 6.54 Å². The lowest BCUT2D eigenvalue weighted by Crippen LogP contribution is -2.23. The summed E-state index contributed by atoms with van der Waals surface area (Å²) in [5, 5.41) is 14.3. The fourth-order valence-corrected chi connectivity index (χ4v) is 2.35. The number of hydrogen-bond donors (Lipinski definition) is 1. The predicted octanol–water partition coefficient (Wildman–Crippen LogP) is 3.18. The second-order valence-electron chi connectivity index (χ2n) is 5.28. The lowest BCUT2D eigenvalue weighted by atomic mass is 10.0. The molecule has 0 radical (unpaired) electrons.